The highest BCUT2D eigenvalue weighted by Crippen LogP contribution is 2.41. The minimum atomic E-state index is -1.17. The number of amides is 3. The van der Waals surface area contributed by atoms with Gasteiger partial charge in [0.25, 0.3) is 5.91 Å². The third-order valence-corrected chi connectivity index (χ3v) is 10.2. The number of ether oxygens (including phenoxy) is 2. The average Bonchev–Trinajstić information content (AvgIpc) is 3.91. The molecule has 3 aliphatic rings. The van der Waals surface area contributed by atoms with Crippen LogP contribution >= 0.6 is 23.2 Å². The van der Waals surface area contributed by atoms with E-state index in [1.165, 1.54) is 9.80 Å². The Hall–Kier alpha value is -4.41. The maximum absolute atomic E-state index is 14.6. The molecule has 2 N–H and O–H groups in total. The monoisotopic (exact) mass is 707 g/mol. The fraction of sp³-hybridized carbons (Fsp3) is 0.378. The van der Waals surface area contributed by atoms with Gasteiger partial charge in [-0.2, -0.15) is 0 Å². The Kier molecular flexibility index (Phi) is 10.3. The molecule has 258 valence electrons. The van der Waals surface area contributed by atoms with E-state index in [4.69, 9.17) is 32.7 Å². The van der Waals surface area contributed by atoms with Gasteiger partial charge >= 0.3 is 12.2 Å². The third-order valence-electron chi connectivity index (χ3n) is 9.56. The normalized spacial score (nSPS) is 18.7. The molecule has 1 saturated heterocycles. The number of halogens is 2. The van der Waals surface area contributed by atoms with E-state index >= 15 is 0 Å². The van der Waals surface area contributed by atoms with Gasteiger partial charge in [-0.25, -0.2) is 9.59 Å². The van der Waals surface area contributed by atoms with Gasteiger partial charge in [0.15, 0.2) is 0 Å². The fourth-order valence-corrected chi connectivity index (χ4v) is 7.26. The molecule has 1 aliphatic carbocycles. The lowest BCUT2D eigenvalue weighted by atomic mass is 9.81. The Morgan fingerprint density at radius 3 is 2.24 bits per heavy atom. The van der Waals surface area contributed by atoms with E-state index < -0.39 is 24.3 Å². The zero-order valence-electron chi connectivity index (χ0n) is 27.4. The molecule has 2 atom stereocenters. The van der Waals surface area contributed by atoms with Crippen LogP contribution in [0.5, 0.6) is 11.5 Å². The molecule has 2 aliphatic heterocycles. The number of carbonyl (C=O) groups excluding carboxylic acids is 1. The molecule has 2 fully saturated rings. The van der Waals surface area contributed by atoms with Crippen LogP contribution in [0.4, 0.5) is 9.59 Å². The molecule has 10 nitrogen and oxygen atoms in total. The molecule has 6 rings (SSSR count). The summed E-state index contributed by atoms with van der Waals surface area (Å²) in [6.45, 7) is 4.84. The van der Waals surface area contributed by atoms with Crippen molar-refractivity contribution in [3.05, 3.63) is 98.5 Å². The second-order valence-corrected chi connectivity index (χ2v) is 13.6. The quantitative estimate of drug-likeness (QED) is 0.203. The predicted molar refractivity (Wildman–Crippen MR) is 187 cm³/mol. The molecule has 0 aromatic heterocycles. The third kappa shape index (κ3) is 7.60. The van der Waals surface area contributed by atoms with E-state index in [1.54, 1.807) is 0 Å². The van der Waals surface area contributed by atoms with Gasteiger partial charge in [0.1, 0.15) is 24.7 Å². The standard InChI is InChI=1S/C37H39Cl2N3O7/c1-22-17-31(39)33(18-23(22)2)49-16-15-48-28-11-7-24(8-12-28)29-19-27-20-40(36(44)45)21-32(42(27)37(46)47)34(29)35(43)41(26-9-10-26)14-13-25-5-3-4-6-30(25)38/h3-8,11-12,17-18,26-27,32H,9-10,13-16,19-21H2,1-2H3,(H,44,45)(H,46,47)/t27-,32-/m1/s1. The van der Waals surface area contributed by atoms with Crippen molar-refractivity contribution in [3.63, 3.8) is 0 Å². The SMILES string of the molecule is Cc1cc(Cl)c(OCCOc2ccc(C3=C(C(=O)N(CCc4ccccc4Cl)C4CC4)[C@H]4CN(C(=O)O)C[C@@H](C3)N4C(=O)O)cc2)cc1C. The second kappa shape index (κ2) is 14.6. The largest absolute Gasteiger partial charge is 0.490 e. The molecule has 49 heavy (non-hydrogen) atoms. The van der Waals surface area contributed by atoms with Crippen LogP contribution in [0.2, 0.25) is 10.0 Å². The van der Waals surface area contributed by atoms with Crippen LogP contribution in [0.15, 0.2) is 66.2 Å². The van der Waals surface area contributed by atoms with Crippen molar-refractivity contribution in [1.82, 2.24) is 14.7 Å². The van der Waals surface area contributed by atoms with Gasteiger partial charge in [-0.15, -0.1) is 0 Å². The van der Waals surface area contributed by atoms with E-state index in [2.05, 4.69) is 0 Å². The van der Waals surface area contributed by atoms with Crippen LogP contribution in [0.25, 0.3) is 5.57 Å². The molecule has 1 saturated carbocycles. The molecule has 3 aromatic rings. The van der Waals surface area contributed by atoms with Gasteiger partial charge < -0.3 is 29.5 Å². The number of hydrogen-bond donors (Lipinski definition) is 2. The number of hydrogen-bond acceptors (Lipinski definition) is 5. The van der Waals surface area contributed by atoms with Crippen molar-refractivity contribution in [3.8, 4) is 11.5 Å². The van der Waals surface area contributed by atoms with Crippen LogP contribution in [-0.2, 0) is 11.2 Å². The Morgan fingerprint density at radius 2 is 1.57 bits per heavy atom. The first-order valence-corrected chi connectivity index (χ1v) is 17.2. The van der Waals surface area contributed by atoms with Crippen LogP contribution in [0, 0.1) is 13.8 Å². The van der Waals surface area contributed by atoms with Crippen molar-refractivity contribution in [2.24, 2.45) is 0 Å². The van der Waals surface area contributed by atoms with E-state index in [0.29, 0.717) is 40.1 Å². The van der Waals surface area contributed by atoms with E-state index in [1.807, 2.05) is 79.4 Å². The number of benzene rings is 3. The molecular formula is C37H39Cl2N3O7. The highest BCUT2D eigenvalue weighted by atomic mass is 35.5. The Morgan fingerprint density at radius 1 is 0.878 bits per heavy atom. The van der Waals surface area contributed by atoms with E-state index in [9.17, 15) is 24.6 Å². The molecule has 3 amide bonds. The lowest BCUT2D eigenvalue weighted by Gasteiger charge is -2.49. The van der Waals surface area contributed by atoms with E-state index in [0.717, 1.165) is 40.7 Å². The van der Waals surface area contributed by atoms with Crippen LogP contribution in [0.1, 0.15) is 41.5 Å². The topological polar surface area (TPSA) is 120 Å². The summed E-state index contributed by atoms with van der Waals surface area (Å²) in [6, 6.07) is 17.1. The molecule has 3 aromatic carbocycles. The molecule has 0 radical (unpaired) electrons. The number of fused-ring (bicyclic) bond motifs is 2. The highest BCUT2D eigenvalue weighted by Gasteiger charge is 2.49. The number of nitrogens with zero attached hydrogens (tertiary/aromatic N) is 3. The summed E-state index contributed by atoms with van der Waals surface area (Å²) < 4.78 is 11.8. The summed E-state index contributed by atoms with van der Waals surface area (Å²) in [7, 11) is 0. The average molecular weight is 709 g/mol. The van der Waals surface area contributed by atoms with Crippen molar-refractivity contribution >= 4 is 46.9 Å². The van der Waals surface area contributed by atoms with Crippen molar-refractivity contribution in [2.75, 3.05) is 32.8 Å². The lowest BCUT2D eigenvalue weighted by molar-refractivity contribution is -0.128. The summed E-state index contributed by atoms with van der Waals surface area (Å²) in [6.07, 6.45) is 0.109. The summed E-state index contributed by atoms with van der Waals surface area (Å²) in [5, 5.41) is 21.3. The first kappa shape index (κ1) is 34.5. The zero-order chi connectivity index (χ0) is 34.8. The fourth-order valence-electron chi connectivity index (χ4n) is 6.76. The summed E-state index contributed by atoms with van der Waals surface area (Å²) in [4.78, 5) is 43.6. The minimum absolute atomic E-state index is 0.0215. The van der Waals surface area contributed by atoms with Crippen molar-refractivity contribution < 1.29 is 34.1 Å². The number of aryl methyl sites for hydroxylation is 2. The smallest absolute Gasteiger partial charge is 0.408 e. The molecule has 0 unspecified atom stereocenters. The Bertz CT molecular complexity index is 1780. The zero-order valence-corrected chi connectivity index (χ0v) is 28.9. The van der Waals surface area contributed by atoms with Crippen molar-refractivity contribution in [1.29, 1.82) is 0 Å². The van der Waals surface area contributed by atoms with Crippen LogP contribution in [0.3, 0.4) is 0 Å². The number of rotatable bonds is 11. The second-order valence-electron chi connectivity index (χ2n) is 12.8. The summed E-state index contributed by atoms with van der Waals surface area (Å²) in [5.74, 6) is 0.931. The molecule has 0 spiro atoms. The molecular weight excluding hydrogens is 669 g/mol. The van der Waals surface area contributed by atoms with Gasteiger partial charge in [0, 0.05) is 36.3 Å². The van der Waals surface area contributed by atoms with E-state index in [-0.39, 0.29) is 44.7 Å². The maximum Gasteiger partial charge on any atom is 0.408 e. The van der Waals surface area contributed by atoms with Gasteiger partial charge in [0.2, 0.25) is 0 Å². The summed E-state index contributed by atoms with van der Waals surface area (Å²) in [5.41, 5.74) is 4.90. The van der Waals surface area contributed by atoms with Gasteiger partial charge in [-0.1, -0.05) is 53.5 Å². The van der Waals surface area contributed by atoms with Gasteiger partial charge in [-0.05, 0) is 97.7 Å². The maximum atomic E-state index is 14.6. The Balaban J connectivity index is 1.26. The summed E-state index contributed by atoms with van der Waals surface area (Å²) >= 11 is 12.8. The van der Waals surface area contributed by atoms with Crippen LogP contribution in [-0.4, -0.2) is 94.0 Å². The Labute approximate surface area is 295 Å². The van der Waals surface area contributed by atoms with Gasteiger partial charge in [-0.3, -0.25) is 9.69 Å². The molecule has 2 heterocycles. The first-order valence-electron chi connectivity index (χ1n) is 16.4. The van der Waals surface area contributed by atoms with Gasteiger partial charge in [0.05, 0.1) is 17.1 Å². The molecule has 12 heteroatoms. The molecule has 2 bridgehead atoms. The number of carboxylic acid groups (broad SMARTS) is 2. The van der Waals surface area contributed by atoms with Crippen molar-refractivity contribution in [2.45, 2.75) is 57.7 Å². The number of piperazine rings is 1. The first-order chi connectivity index (χ1) is 23.5. The minimum Gasteiger partial charge on any atom is -0.490 e. The number of carbonyl (C=O) groups is 3. The predicted octanol–water partition coefficient (Wildman–Crippen LogP) is 7.17. The van der Waals surface area contributed by atoms with Crippen LogP contribution < -0.4 is 9.47 Å². The highest BCUT2D eigenvalue weighted by molar-refractivity contribution is 6.32. The lowest BCUT2D eigenvalue weighted by Crippen LogP contribution is -2.65.